The van der Waals surface area contributed by atoms with E-state index in [1.165, 1.54) is 11.1 Å². The monoisotopic (exact) mass is 774 g/mol. The summed E-state index contributed by atoms with van der Waals surface area (Å²) in [5.74, 6) is 2.03. The molecule has 0 N–H and O–H groups in total. The number of ether oxygens (including phenoxy) is 1. The van der Waals surface area contributed by atoms with Crippen LogP contribution >= 0.6 is 0 Å². The van der Waals surface area contributed by atoms with E-state index in [1.54, 1.807) is 6.33 Å². The Hall–Kier alpha value is -5.32. The molecule has 0 spiro atoms. The number of rotatable bonds is 4. The van der Waals surface area contributed by atoms with Crippen molar-refractivity contribution in [3.8, 4) is 28.4 Å². The van der Waals surface area contributed by atoms with Crippen molar-refractivity contribution in [3.05, 3.63) is 139 Å². The Balaban J connectivity index is 0.00000312. The van der Waals surface area contributed by atoms with Crippen molar-refractivity contribution in [3.63, 3.8) is 0 Å². The summed E-state index contributed by atoms with van der Waals surface area (Å²) in [5.41, 5.74) is 8.05. The first-order valence-corrected chi connectivity index (χ1v) is 14.9. The third-order valence-corrected chi connectivity index (χ3v) is 8.62. The molecule has 0 aliphatic rings. The predicted octanol–water partition coefficient (Wildman–Crippen LogP) is 9.20. The van der Waals surface area contributed by atoms with Crippen LogP contribution in [0.25, 0.3) is 66.1 Å². The van der Waals surface area contributed by atoms with Crippen LogP contribution in [0, 0.1) is 26.0 Å². The van der Waals surface area contributed by atoms with E-state index >= 15 is 0 Å². The van der Waals surface area contributed by atoms with Gasteiger partial charge in [0.05, 0.1) is 0 Å². The average Bonchev–Trinajstić information content (AvgIpc) is 3.69. The van der Waals surface area contributed by atoms with Crippen molar-refractivity contribution < 1.29 is 25.8 Å². The molecule has 0 aliphatic carbocycles. The molecule has 5 aromatic carbocycles. The van der Waals surface area contributed by atoms with Crippen LogP contribution in [-0.2, 0) is 21.1 Å². The van der Waals surface area contributed by atoms with E-state index in [9.17, 15) is 0 Å². The topological polar surface area (TPSA) is 57.2 Å². The molecule has 0 fully saturated rings. The van der Waals surface area contributed by atoms with Gasteiger partial charge in [0, 0.05) is 28.6 Å². The second kappa shape index (κ2) is 10.9. The summed E-state index contributed by atoms with van der Waals surface area (Å²) in [7, 11) is 0. The number of para-hydroxylation sites is 1. The minimum absolute atomic E-state index is 0. The quantitative estimate of drug-likeness (QED) is 0.132. The zero-order valence-electron chi connectivity index (χ0n) is 24.9. The molecule has 0 unspecified atom stereocenters. The summed E-state index contributed by atoms with van der Waals surface area (Å²) < 4.78 is 10.6. The van der Waals surface area contributed by atoms with Crippen LogP contribution in [0.5, 0.6) is 11.5 Å². The van der Waals surface area contributed by atoms with Gasteiger partial charge in [0.15, 0.2) is 5.65 Å². The van der Waals surface area contributed by atoms with Crippen molar-refractivity contribution in [2.45, 2.75) is 13.8 Å². The molecule has 0 bridgehead atoms. The van der Waals surface area contributed by atoms with Gasteiger partial charge >= 0.3 is 21.1 Å². The molecule has 0 amide bonds. The molecule has 0 atom stereocenters. The molecule has 9 aromatic rings. The van der Waals surface area contributed by atoms with Crippen molar-refractivity contribution in [1.29, 1.82) is 0 Å². The molecule has 222 valence electrons. The maximum Gasteiger partial charge on any atom is 2.00 e. The summed E-state index contributed by atoms with van der Waals surface area (Å²) in [5, 5.41) is 9.94. The van der Waals surface area contributed by atoms with Crippen molar-refractivity contribution in [2.75, 3.05) is 0 Å². The fraction of sp³-hybridized carbons (Fsp3) is 0.0513. The summed E-state index contributed by atoms with van der Waals surface area (Å²) in [6.45, 7) is 4.18. The van der Waals surface area contributed by atoms with Gasteiger partial charge in [-0.2, -0.15) is 17.2 Å². The third-order valence-electron chi connectivity index (χ3n) is 8.62. The molecular formula is C39H25N5OPt. The number of benzene rings is 5. The number of hydrogen-bond donors (Lipinski definition) is 0. The van der Waals surface area contributed by atoms with Crippen LogP contribution < -0.4 is 4.74 Å². The SMILES string of the molecule is Cc1cc2c3ccccc3c3ncnn3c2[c-]c1Oc1[c-]c2c(cc1)c1ccccc1n2-c1cc(-c2ccccc2C)ccn1.[Pt+2]. The normalized spacial score (nSPS) is 11.5. The maximum atomic E-state index is 6.55. The van der Waals surface area contributed by atoms with Gasteiger partial charge in [-0.25, -0.2) is 14.5 Å². The molecule has 46 heavy (non-hydrogen) atoms. The Bertz CT molecular complexity index is 2620. The molecular weight excluding hydrogens is 750 g/mol. The molecule has 4 heterocycles. The Morgan fingerprint density at radius 3 is 2.30 bits per heavy atom. The van der Waals surface area contributed by atoms with E-state index < -0.39 is 0 Å². The van der Waals surface area contributed by atoms with Gasteiger partial charge in [0.2, 0.25) is 0 Å². The average molecular weight is 775 g/mol. The third kappa shape index (κ3) is 4.32. The maximum absolute atomic E-state index is 6.55. The predicted molar refractivity (Wildman–Crippen MR) is 179 cm³/mol. The largest absolute Gasteiger partial charge is 2.00 e. The van der Waals surface area contributed by atoms with E-state index in [0.717, 1.165) is 66.1 Å². The van der Waals surface area contributed by atoms with Gasteiger partial charge in [-0.05, 0) is 52.7 Å². The second-order valence-corrected chi connectivity index (χ2v) is 11.3. The minimum Gasteiger partial charge on any atom is -0.509 e. The Morgan fingerprint density at radius 1 is 0.652 bits per heavy atom. The van der Waals surface area contributed by atoms with E-state index in [-0.39, 0.29) is 21.1 Å². The van der Waals surface area contributed by atoms with Crippen LogP contribution in [0.3, 0.4) is 0 Å². The Morgan fingerprint density at radius 2 is 1.43 bits per heavy atom. The molecule has 0 aliphatic heterocycles. The molecule has 0 saturated heterocycles. The van der Waals surface area contributed by atoms with Crippen molar-refractivity contribution in [1.82, 2.24) is 24.1 Å². The molecule has 0 radical (unpaired) electrons. The first kappa shape index (κ1) is 28.2. The number of hydrogen-bond acceptors (Lipinski definition) is 4. The first-order chi connectivity index (χ1) is 22.1. The van der Waals surface area contributed by atoms with Gasteiger partial charge in [0.25, 0.3) is 0 Å². The van der Waals surface area contributed by atoms with E-state index in [4.69, 9.17) is 9.72 Å². The zero-order valence-corrected chi connectivity index (χ0v) is 27.2. The smallest absolute Gasteiger partial charge is 0.509 e. The van der Waals surface area contributed by atoms with Gasteiger partial charge in [0.1, 0.15) is 12.1 Å². The van der Waals surface area contributed by atoms with Crippen LogP contribution in [0.15, 0.2) is 116 Å². The van der Waals surface area contributed by atoms with Crippen molar-refractivity contribution >= 4 is 49.1 Å². The number of pyridine rings is 2. The number of fused-ring (bicyclic) bond motifs is 9. The summed E-state index contributed by atoms with van der Waals surface area (Å²) in [6, 6.07) is 42.6. The van der Waals surface area contributed by atoms with E-state index in [2.05, 4.69) is 119 Å². The standard InChI is InChI=1S/C39H25N5O.Pt/c1-24-9-3-4-10-28(24)26-17-18-40-38(20-26)43-34-14-8-7-12-30(34)31-16-15-27(21-35(31)43)45-37-22-36-33(19-25(37)2)29-11-5-6-13-32(29)39-41-23-42-44(36)39;/h3-20,23H,1-2H3;/q-2;+2. The fourth-order valence-corrected chi connectivity index (χ4v) is 6.49. The molecule has 6 nitrogen and oxygen atoms in total. The second-order valence-electron chi connectivity index (χ2n) is 11.3. The van der Waals surface area contributed by atoms with Gasteiger partial charge in [-0.3, -0.25) is 0 Å². The summed E-state index contributed by atoms with van der Waals surface area (Å²) >= 11 is 0. The van der Waals surface area contributed by atoms with Crippen LogP contribution in [0.2, 0.25) is 0 Å². The van der Waals surface area contributed by atoms with Crippen LogP contribution in [0.4, 0.5) is 0 Å². The van der Waals surface area contributed by atoms with Crippen LogP contribution in [0.1, 0.15) is 11.1 Å². The van der Waals surface area contributed by atoms with Gasteiger partial charge in [-0.15, -0.1) is 34.5 Å². The summed E-state index contributed by atoms with van der Waals surface area (Å²) in [4.78, 5) is 9.36. The van der Waals surface area contributed by atoms with E-state index in [0.29, 0.717) is 11.5 Å². The molecule has 4 aromatic heterocycles. The van der Waals surface area contributed by atoms with E-state index in [1.807, 2.05) is 35.8 Å². The number of aromatic nitrogens is 5. The fourth-order valence-electron chi connectivity index (χ4n) is 6.49. The molecule has 9 rings (SSSR count). The summed E-state index contributed by atoms with van der Waals surface area (Å²) in [6.07, 6.45) is 3.46. The van der Waals surface area contributed by atoms with Gasteiger partial charge < -0.3 is 9.30 Å². The minimum atomic E-state index is 0. The number of aryl methyl sites for hydroxylation is 2. The Kier molecular flexibility index (Phi) is 6.70. The molecule has 0 saturated carbocycles. The molecule has 7 heteroatoms. The Labute approximate surface area is 279 Å². The van der Waals surface area contributed by atoms with Crippen LogP contribution in [-0.4, -0.2) is 24.1 Å². The van der Waals surface area contributed by atoms with Gasteiger partial charge in [-0.1, -0.05) is 84.6 Å². The number of nitrogens with zero attached hydrogens (tertiary/aromatic N) is 5. The van der Waals surface area contributed by atoms with Crippen molar-refractivity contribution in [2.24, 2.45) is 0 Å². The first-order valence-electron chi connectivity index (χ1n) is 14.9. The zero-order chi connectivity index (χ0) is 30.1.